The van der Waals surface area contributed by atoms with Crippen molar-refractivity contribution in [1.29, 1.82) is 0 Å². The highest BCUT2D eigenvalue weighted by Gasteiger charge is 2.50. The van der Waals surface area contributed by atoms with Crippen LogP contribution >= 0.6 is 0 Å². The summed E-state index contributed by atoms with van der Waals surface area (Å²) in [5.74, 6) is 0.386. The molecule has 1 saturated carbocycles. The Morgan fingerprint density at radius 1 is 1.24 bits per heavy atom. The average Bonchev–Trinajstić information content (AvgIpc) is 2.54. The molecule has 120 valence electrons. The molecule has 1 saturated heterocycles. The molecule has 1 aliphatic carbocycles. The van der Waals surface area contributed by atoms with Crippen molar-refractivity contribution in [3.05, 3.63) is 0 Å². The van der Waals surface area contributed by atoms with Crippen LogP contribution in [0.5, 0.6) is 0 Å². The van der Waals surface area contributed by atoms with Crippen molar-refractivity contribution < 1.29 is 9.59 Å². The summed E-state index contributed by atoms with van der Waals surface area (Å²) in [6.45, 7) is 11.9. The van der Waals surface area contributed by atoms with E-state index in [0.29, 0.717) is 23.8 Å². The minimum absolute atomic E-state index is 0.0212. The number of likely N-dealkylation sites (tertiary alicyclic amines) is 1. The van der Waals surface area contributed by atoms with Crippen LogP contribution in [0, 0.1) is 16.7 Å². The van der Waals surface area contributed by atoms with Crippen LogP contribution < -0.4 is 5.32 Å². The maximum absolute atomic E-state index is 12.4. The van der Waals surface area contributed by atoms with Crippen LogP contribution in [-0.4, -0.2) is 35.8 Å². The second-order valence-electron chi connectivity index (χ2n) is 8.61. The Morgan fingerprint density at radius 3 is 2.52 bits per heavy atom. The molecule has 1 N–H and O–H groups in total. The standard InChI is InChI=1S/C17H30N2O2/c1-12(2)6-14(20)18-9-15(21)19-11-17(5)8-13(19)7-16(3,4)10-17/h12-13H,6-11H2,1-5H3,(H,18,20). The maximum Gasteiger partial charge on any atom is 0.242 e. The summed E-state index contributed by atoms with van der Waals surface area (Å²) in [6, 6.07) is 0.355. The third-order valence-corrected chi connectivity index (χ3v) is 4.77. The smallest absolute Gasteiger partial charge is 0.242 e. The fraction of sp³-hybridized carbons (Fsp3) is 0.882. The number of nitrogens with zero attached hydrogens (tertiary/aromatic N) is 1. The number of hydrogen-bond acceptors (Lipinski definition) is 2. The first kappa shape index (κ1) is 16.3. The van der Waals surface area contributed by atoms with Gasteiger partial charge in [0.05, 0.1) is 6.54 Å². The fourth-order valence-electron chi connectivity index (χ4n) is 4.47. The zero-order valence-electron chi connectivity index (χ0n) is 14.2. The molecule has 2 unspecified atom stereocenters. The van der Waals surface area contributed by atoms with Crippen molar-refractivity contribution in [1.82, 2.24) is 10.2 Å². The van der Waals surface area contributed by atoms with Crippen molar-refractivity contribution in [2.75, 3.05) is 13.1 Å². The molecule has 2 rings (SSSR count). The first-order valence-electron chi connectivity index (χ1n) is 8.16. The van der Waals surface area contributed by atoms with Crippen LogP contribution in [0.4, 0.5) is 0 Å². The largest absolute Gasteiger partial charge is 0.347 e. The second-order valence-corrected chi connectivity index (χ2v) is 8.61. The normalized spacial score (nSPS) is 30.6. The van der Waals surface area contributed by atoms with E-state index in [1.165, 1.54) is 6.42 Å². The lowest BCUT2D eigenvalue weighted by Crippen LogP contribution is -2.43. The lowest BCUT2D eigenvalue weighted by atomic mass is 9.65. The van der Waals surface area contributed by atoms with E-state index in [0.717, 1.165) is 19.4 Å². The summed E-state index contributed by atoms with van der Waals surface area (Å²) in [5.41, 5.74) is 0.567. The van der Waals surface area contributed by atoms with Crippen LogP contribution in [0.1, 0.15) is 60.3 Å². The van der Waals surface area contributed by atoms with Gasteiger partial charge in [-0.15, -0.1) is 0 Å². The Balaban J connectivity index is 1.91. The number of rotatable bonds is 4. The molecule has 21 heavy (non-hydrogen) atoms. The number of amides is 2. The van der Waals surface area contributed by atoms with Crippen molar-refractivity contribution in [2.45, 2.75) is 66.3 Å². The highest BCUT2D eigenvalue weighted by Crippen LogP contribution is 2.52. The van der Waals surface area contributed by atoms with Gasteiger partial charge in [0.25, 0.3) is 0 Å². The van der Waals surface area contributed by atoms with Crippen LogP contribution in [0.2, 0.25) is 0 Å². The van der Waals surface area contributed by atoms with E-state index in [1.807, 2.05) is 18.7 Å². The van der Waals surface area contributed by atoms with Gasteiger partial charge in [-0.25, -0.2) is 0 Å². The Labute approximate surface area is 128 Å². The molecular weight excluding hydrogens is 264 g/mol. The first-order chi connectivity index (χ1) is 9.60. The van der Waals surface area contributed by atoms with Gasteiger partial charge in [-0.05, 0) is 36.0 Å². The highest BCUT2D eigenvalue weighted by atomic mass is 16.2. The molecule has 1 heterocycles. The van der Waals surface area contributed by atoms with E-state index in [-0.39, 0.29) is 23.8 Å². The molecule has 0 aromatic heterocycles. The van der Waals surface area contributed by atoms with Gasteiger partial charge in [0.2, 0.25) is 11.8 Å². The predicted molar refractivity (Wildman–Crippen MR) is 83.7 cm³/mol. The number of carbonyl (C=O) groups excluding carboxylic acids is 2. The van der Waals surface area contributed by atoms with E-state index in [4.69, 9.17) is 0 Å². The molecule has 0 aromatic carbocycles. The second kappa shape index (κ2) is 5.62. The Morgan fingerprint density at radius 2 is 1.90 bits per heavy atom. The zero-order chi connectivity index (χ0) is 15.8. The van der Waals surface area contributed by atoms with Crippen LogP contribution in [0.25, 0.3) is 0 Å². The molecule has 2 amide bonds. The molecule has 2 aliphatic rings. The van der Waals surface area contributed by atoms with Gasteiger partial charge < -0.3 is 10.2 Å². The van der Waals surface area contributed by atoms with Gasteiger partial charge in [0, 0.05) is 19.0 Å². The van der Waals surface area contributed by atoms with Crippen LogP contribution in [0.15, 0.2) is 0 Å². The number of nitrogens with one attached hydrogen (secondary N) is 1. The lowest BCUT2D eigenvalue weighted by molar-refractivity contribution is -0.134. The van der Waals surface area contributed by atoms with Gasteiger partial charge in [-0.3, -0.25) is 9.59 Å². The Hall–Kier alpha value is -1.06. The van der Waals surface area contributed by atoms with Crippen LogP contribution in [0.3, 0.4) is 0 Å². The van der Waals surface area contributed by atoms with E-state index in [1.54, 1.807) is 0 Å². The minimum atomic E-state index is -0.0212. The third kappa shape index (κ3) is 3.98. The molecule has 2 bridgehead atoms. The highest BCUT2D eigenvalue weighted by molar-refractivity contribution is 5.85. The van der Waals surface area contributed by atoms with E-state index in [9.17, 15) is 9.59 Å². The monoisotopic (exact) mass is 294 g/mol. The summed E-state index contributed by atoms with van der Waals surface area (Å²) in [4.78, 5) is 26.1. The van der Waals surface area contributed by atoms with Gasteiger partial charge in [0.15, 0.2) is 0 Å². The van der Waals surface area contributed by atoms with Crippen molar-refractivity contribution in [3.8, 4) is 0 Å². The molecule has 2 atom stereocenters. The topological polar surface area (TPSA) is 49.4 Å². The van der Waals surface area contributed by atoms with Gasteiger partial charge >= 0.3 is 0 Å². The molecule has 1 aliphatic heterocycles. The van der Waals surface area contributed by atoms with Gasteiger partial charge in [0.1, 0.15) is 0 Å². The minimum Gasteiger partial charge on any atom is -0.347 e. The SMILES string of the molecule is CC(C)CC(=O)NCC(=O)N1CC2(C)CC1CC(C)(C)C2. The van der Waals surface area contributed by atoms with Crippen molar-refractivity contribution in [2.24, 2.45) is 16.7 Å². The van der Waals surface area contributed by atoms with Crippen molar-refractivity contribution >= 4 is 11.8 Å². The lowest BCUT2D eigenvalue weighted by Gasteiger charge is -2.39. The molecular formula is C17H30N2O2. The summed E-state index contributed by atoms with van der Waals surface area (Å²) < 4.78 is 0. The predicted octanol–water partition coefficient (Wildman–Crippen LogP) is 2.58. The van der Waals surface area contributed by atoms with Gasteiger partial charge in [-0.1, -0.05) is 34.6 Å². The number of hydrogen-bond donors (Lipinski definition) is 1. The van der Waals surface area contributed by atoms with Crippen LogP contribution in [-0.2, 0) is 9.59 Å². The zero-order valence-corrected chi connectivity index (χ0v) is 14.2. The molecule has 2 fully saturated rings. The van der Waals surface area contributed by atoms with E-state index in [2.05, 4.69) is 26.1 Å². The summed E-state index contributed by atoms with van der Waals surface area (Å²) >= 11 is 0. The fourth-order valence-corrected chi connectivity index (χ4v) is 4.47. The van der Waals surface area contributed by atoms with Gasteiger partial charge in [-0.2, -0.15) is 0 Å². The van der Waals surface area contributed by atoms with Crippen molar-refractivity contribution in [3.63, 3.8) is 0 Å². The summed E-state index contributed by atoms with van der Waals surface area (Å²) in [7, 11) is 0. The third-order valence-electron chi connectivity index (χ3n) is 4.77. The maximum atomic E-state index is 12.4. The van der Waals surface area contributed by atoms with E-state index >= 15 is 0 Å². The summed E-state index contributed by atoms with van der Waals surface area (Å²) in [6.07, 6.45) is 3.86. The molecule has 4 nitrogen and oxygen atoms in total. The summed E-state index contributed by atoms with van der Waals surface area (Å²) in [5, 5.41) is 2.77. The molecule has 0 aromatic rings. The average molecular weight is 294 g/mol. The Bertz CT molecular complexity index is 431. The molecule has 0 radical (unpaired) electrons. The number of fused-ring (bicyclic) bond motifs is 2. The van der Waals surface area contributed by atoms with E-state index < -0.39 is 0 Å². The molecule has 0 spiro atoms. The number of carbonyl (C=O) groups is 2. The Kier molecular flexibility index (Phi) is 4.36. The quantitative estimate of drug-likeness (QED) is 0.866. The first-order valence-corrected chi connectivity index (χ1v) is 8.16. The molecule has 4 heteroatoms.